The van der Waals surface area contributed by atoms with Gasteiger partial charge in [-0.25, -0.2) is 4.39 Å². The van der Waals surface area contributed by atoms with Crippen molar-refractivity contribution in [3.05, 3.63) is 34.6 Å². The summed E-state index contributed by atoms with van der Waals surface area (Å²) in [5.41, 5.74) is 0.0694. The number of benzene rings is 1. The summed E-state index contributed by atoms with van der Waals surface area (Å²) in [5, 5.41) is 10.7. The predicted molar refractivity (Wildman–Crippen MR) is 68.7 cm³/mol. The molecule has 0 heterocycles. The lowest BCUT2D eigenvalue weighted by atomic mass is 10.2. The maximum absolute atomic E-state index is 13.1. The normalized spacial score (nSPS) is 10.1. The number of thioether (sulfide) groups is 1. The average molecular weight is 292 g/mol. The molecule has 18 heavy (non-hydrogen) atoms. The number of hydrogen-bond donors (Lipinski definition) is 2. The minimum atomic E-state index is -0.903. The Balaban J connectivity index is 2.41. The van der Waals surface area contributed by atoms with Crippen molar-refractivity contribution in [3.8, 4) is 0 Å². The van der Waals surface area contributed by atoms with Crippen LogP contribution in [0.4, 0.5) is 4.39 Å². The van der Waals surface area contributed by atoms with E-state index in [1.165, 1.54) is 30.0 Å². The lowest BCUT2D eigenvalue weighted by Gasteiger charge is -2.06. The van der Waals surface area contributed by atoms with E-state index in [0.717, 1.165) is 0 Å². The van der Waals surface area contributed by atoms with Gasteiger partial charge in [0.15, 0.2) is 0 Å². The van der Waals surface area contributed by atoms with Gasteiger partial charge in [0.25, 0.3) is 5.91 Å². The Hall–Kier alpha value is -1.27. The Morgan fingerprint density at radius 2 is 2.17 bits per heavy atom. The van der Waals surface area contributed by atoms with E-state index in [4.69, 9.17) is 16.7 Å². The van der Waals surface area contributed by atoms with Gasteiger partial charge < -0.3 is 10.4 Å². The first-order valence-electron chi connectivity index (χ1n) is 5.04. The van der Waals surface area contributed by atoms with Gasteiger partial charge in [-0.05, 0) is 12.1 Å². The smallest absolute Gasteiger partial charge is 0.313 e. The fraction of sp³-hybridized carbons (Fsp3) is 0.273. The van der Waals surface area contributed by atoms with Crippen LogP contribution in [-0.4, -0.2) is 35.0 Å². The van der Waals surface area contributed by atoms with Gasteiger partial charge in [0, 0.05) is 12.3 Å². The number of carbonyl (C=O) groups is 2. The second-order valence-corrected chi connectivity index (χ2v) is 4.79. The van der Waals surface area contributed by atoms with Crippen LogP contribution in [0, 0.1) is 5.82 Å². The van der Waals surface area contributed by atoms with E-state index < -0.39 is 17.7 Å². The molecule has 4 nitrogen and oxygen atoms in total. The molecule has 0 spiro atoms. The van der Waals surface area contributed by atoms with Crippen molar-refractivity contribution < 1.29 is 19.1 Å². The fourth-order valence-corrected chi connectivity index (χ4v) is 1.95. The monoisotopic (exact) mass is 291 g/mol. The van der Waals surface area contributed by atoms with Gasteiger partial charge in [-0.1, -0.05) is 17.7 Å². The Bertz CT molecular complexity index is 456. The standard InChI is InChI=1S/C11H11ClFNO3S/c12-10-7(2-1-3-8(10)13)11(17)14-4-5-18-6-9(15)16/h1-3H,4-6H2,(H,14,17)(H,15,16). The summed E-state index contributed by atoms with van der Waals surface area (Å²) in [7, 11) is 0. The van der Waals surface area contributed by atoms with Crippen LogP contribution in [0.25, 0.3) is 0 Å². The van der Waals surface area contributed by atoms with Crippen LogP contribution in [0.5, 0.6) is 0 Å². The Kier molecular flexibility index (Phi) is 5.94. The molecule has 1 aromatic rings. The molecular formula is C11H11ClFNO3S. The molecule has 7 heteroatoms. The highest BCUT2D eigenvalue weighted by atomic mass is 35.5. The molecule has 1 aromatic carbocycles. The lowest BCUT2D eigenvalue weighted by Crippen LogP contribution is -2.26. The summed E-state index contributed by atoms with van der Waals surface area (Å²) in [6, 6.07) is 3.99. The first kappa shape index (κ1) is 14.8. The summed E-state index contributed by atoms with van der Waals surface area (Å²) in [6.45, 7) is 0.295. The second-order valence-electron chi connectivity index (χ2n) is 3.30. The zero-order valence-electron chi connectivity index (χ0n) is 9.28. The number of nitrogens with one attached hydrogen (secondary N) is 1. The van der Waals surface area contributed by atoms with Crippen LogP contribution in [0.1, 0.15) is 10.4 Å². The quantitative estimate of drug-likeness (QED) is 0.787. The third kappa shape index (κ3) is 4.54. The zero-order chi connectivity index (χ0) is 13.5. The highest BCUT2D eigenvalue weighted by Crippen LogP contribution is 2.19. The Morgan fingerprint density at radius 1 is 1.44 bits per heavy atom. The van der Waals surface area contributed by atoms with Gasteiger partial charge >= 0.3 is 5.97 Å². The number of carbonyl (C=O) groups excluding carboxylic acids is 1. The third-order valence-corrected chi connectivity index (χ3v) is 3.28. The van der Waals surface area contributed by atoms with E-state index in [1.807, 2.05) is 0 Å². The number of halogens is 2. The van der Waals surface area contributed by atoms with Crippen LogP contribution in [-0.2, 0) is 4.79 Å². The van der Waals surface area contributed by atoms with Gasteiger partial charge in [0.1, 0.15) is 5.82 Å². The SMILES string of the molecule is O=C(O)CSCCNC(=O)c1cccc(F)c1Cl. The number of carboxylic acid groups (broad SMARTS) is 1. The molecule has 0 aliphatic rings. The van der Waals surface area contributed by atoms with E-state index in [1.54, 1.807) is 0 Å². The molecule has 0 saturated carbocycles. The highest BCUT2D eigenvalue weighted by molar-refractivity contribution is 7.99. The maximum atomic E-state index is 13.1. The minimum Gasteiger partial charge on any atom is -0.481 e. The summed E-state index contributed by atoms with van der Waals surface area (Å²) in [6.07, 6.45) is 0. The average Bonchev–Trinajstić information content (AvgIpc) is 2.31. The molecule has 2 N–H and O–H groups in total. The van der Waals surface area contributed by atoms with Crippen molar-refractivity contribution in [3.63, 3.8) is 0 Å². The van der Waals surface area contributed by atoms with Crippen LogP contribution < -0.4 is 5.32 Å². The van der Waals surface area contributed by atoms with E-state index in [-0.39, 0.29) is 16.3 Å². The van der Waals surface area contributed by atoms with Gasteiger partial charge in [-0.3, -0.25) is 9.59 Å². The Morgan fingerprint density at radius 3 is 2.83 bits per heavy atom. The first-order chi connectivity index (χ1) is 8.52. The van der Waals surface area contributed by atoms with Gasteiger partial charge in [0.2, 0.25) is 0 Å². The molecule has 0 radical (unpaired) electrons. The molecular weight excluding hydrogens is 281 g/mol. The lowest BCUT2D eigenvalue weighted by molar-refractivity contribution is -0.133. The first-order valence-corrected chi connectivity index (χ1v) is 6.57. The zero-order valence-corrected chi connectivity index (χ0v) is 10.9. The van der Waals surface area contributed by atoms with Crippen molar-refractivity contribution in [2.45, 2.75) is 0 Å². The maximum Gasteiger partial charge on any atom is 0.313 e. The highest BCUT2D eigenvalue weighted by Gasteiger charge is 2.12. The van der Waals surface area contributed by atoms with E-state index in [0.29, 0.717) is 12.3 Å². The van der Waals surface area contributed by atoms with Crippen molar-refractivity contribution in [2.24, 2.45) is 0 Å². The van der Waals surface area contributed by atoms with Crippen molar-refractivity contribution in [1.82, 2.24) is 5.32 Å². The summed E-state index contributed by atoms with van der Waals surface area (Å²) >= 11 is 6.84. The molecule has 0 aliphatic carbocycles. The molecule has 0 unspecified atom stereocenters. The van der Waals surface area contributed by atoms with Crippen LogP contribution in [0.2, 0.25) is 5.02 Å². The van der Waals surface area contributed by atoms with Crippen molar-refractivity contribution >= 4 is 35.2 Å². The third-order valence-electron chi connectivity index (χ3n) is 1.95. The molecule has 0 saturated heterocycles. The summed E-state index contributed by atoms with van der Waals surface area (Å²) < 4.78 is 13.1. The Labute approximate surface area is 113 Å². The molecule has 0 aliphatic heterocycles. The number of amides is 1. The topological polar surface area (TPSA) is 66.4 Å². The summed E-state index contributed by atoms with van der Waals surface area (Å²) in [4.78, 5) is 21.9. The minimum absolute atomic E-state index is 0.0173. The molecule has 1 rings (SSSR count). The van der Waals surface area contributed by atoms with Crippen LogP contribution >= 0.6 is 23.4 Å². The van der Waals surface area contributed by atoms with Gasteiger partial charge in [-0.15, -0.1) is 11.8 Å². The van der Waals surface area contributed by atoms with Crippen molar-refractivity contribution in [1.29, 1.82) is 0 Å². The van der Waals surface area contributed by atoms with Gasteiger partial charge in [0.05, 0.1) is 16.3 Å². The molecule has 0 atom stereocenters. The second kappa shape index (κ2) is 7.23. The van der Waals surface area contributed by atoms with Crippen LogP contribution in [0.15, 0.2) is 18.2 Å². The molecule has 1 amide bonds. The van der Waals surface area contributed by atoms with E-state index >= 15 is 0 Å². The molecule has 98 valence electrons. The van der Waals surface area contributed by atoms with E-state index in [2.05, 4.69) is 5.32 Å². The van der Waals surface area contributed by atoms with E-state index in [9.17, 15) is 14.0 Å². The van der Waals surface area contributed by atoms with Crippen LogP contribution in [0.3, 0.4) is 0 Å². The molecule has 0 aromatic heterocycles. The molecule has 0 bridgehead atoms. The number of aliphatic carboxylic acids is 1. The number of carboxylic acids is 1. The van der Waals surface area contributed by atoms with Crippen molar-refractivity contribution in [2.75, 3.05) is 18.1 Å². The number of rotatable bonds is 6. The molecule has 0 fully saturated rings. The summed E-state index contributed by atoms with van der Waals surface area (Å²) in [5.74, 6) is -1.58. The fourth-order valence-electron chi connectivity index (χ4n) is 1.17. The largest absolute Gasteiger partial charge is 0.481 e. The van der Waals surface area contributed by atoms with Gasteiger partial charge in [-0.2, -0.15) is 0 Å². The number of hydrogen-bond acceptors (Lipinski definition) is 3. The predicted octanol–water partition coefficient (Wildman–Crippen LogP) is 2.03.